The maximum absolute atomic E-state index is 13.2. The van der Waals surface area contributed by atoms with E-state index in [1.165, 1.54) is 0 Å². The van der Waals surface area contributed by atoms with Crippen LogP contribution in [0.5, 0.6) is 5.75 Å². The van der Waals surface area contributed by atoms with Gasteiger partial charge in [-0.3, -0.25) is 9.59 Å². The lowest BCUT2D eigenvalue weighted by atomic mass is 10.0. The minimum atomic E-state index is -0.579. The van der Waals surface area contributed by atoms with Crippen molar-refractivity contribution in [3.8, 4) is 5.75 Å². The Hall–Kier alpha value is -2.82. The van der Waals surface area contributed by atoms with Gasteiger partial charge in [0.05, 0.1) is 7.11 Å². The van der Waals surface area contributed by atoms with E-state index in [9.17, 15) is 9.59 Å². The average Bonchev–Trinajstić information content (AvgIpc) is 2.76. The Morgan fingerprint density at radius 3 is 2.34 bits per heavy atom. The number of nitrogens with one attached hydrogen (secondary N) is 1. The van der Waals surface area contributed by atoms with Gasteiger partial charge in [-0.1, -0.05) is 56.3 Å². The topological polar surface area (TPSA) is 58.6 Å². The average molecular weight is 397 g/mol. The maximum atomic E-state index is 13.2. The third-order valence-corrected chi connectivity index (χ3v) is 5.06. The SMILES string of the molecule is CCC(=O)N(Cc1cccc(OC)c1)[C@H](Cc1ccccc1)C(=O)N[C@@H](C)CC. The summed E-state index contributed by atoms with van der Waals surface area (Å²) in [6.07, 6.45) is 1.64. The van der Waals surface area contributed by atoms with Crippen LogP contribution in [0, 0.1) is 0 Å². The van der Waals surface area contributed by atoms with Crippen LogP contribution in [0.15, 0.2) is 54.6 Å². The fraction of sp³-hybridized carbons (Fsp3) is 0.417. The third-order valence-electron chi connectivity index (χ3n) is 5.06. The second-order valence-corrected chi connectivity index (χ2v) is 7.25. The first kappa shape index (κ1) is 22.5. The molecule has 156 valence electrons. The van der Waals surface area contributed by atoms with Crippen LogP contribution in [0.4, 0.5) is 0 Å². The van der Waals surface area contributed by atoms with Crippen LogP contribution < -0.4 is 10.1 Å². The highest BCUT2D eigenvalue weighted by atomic mass is 16.5. The number of methoxy groups -OCH3 is 1. The Morgan fingerprint density at radius 1 is 1.03 bits per heavy atom. The number of ether oxygens (including phenoxy) is 1. The van der Waals surface area contributed by atoms with E-state index in [1.54, 1.807) is 12.0 Å². The Balaban J connectivity index is 2.36. The molecule has 0 bridgehead atoms. The van der Waals surface area contributed by atoms with Gasteiger partial charge >= 0.3 is 0 Å². The van der Waals surface area contributed by atoms with Gasteiger partial charge in [0, 0.05) is 25.4 Å². The van der Waals surface area contributed by atoms with Gasteiger partial charge in [-0.05, 0) is 36.6 Å². The Morgan fingerprint density at radius 2 is 1.72 bits per heavy atom. The van der Waals surface area contributed by atoms with Gasteiger partial charge in [0.1, 0.15) is 11.8 Å². The second kappa shape index (κ2) is 11.2. The normalized spacial score (nSPS) is 12.7. The molecule has 0 saturated carbocycles. The molecule has 29 heavy (non-hydrogen) atoms. The van der Waals surface area contributed by atoms with Crippen molar-refractivity contribution in [3.05, 3.63) is 65.7 Å². The van der Waals surface area contributed by atoms with Gasteiger partial charge in [-0.2, -0.15) is 0 Å². The molecule has 5 nitrogen and oxygen atoms in total. The Labute approximate surface area is 174 Å². The van der Waals surface area contributed by atoms with E-state index in [4.69, 9.17) is 4.74 Å². The molecular weight excluding hydrogens is 364 g/mol. The summed E-state index contributed by atoms with van der Waals surface area (Å²) in [4.78, 5) is 27.7. The number of rotatable bonds is 10. The zero-order valence-electron chi connectivity index (χ0n) is 17.9. The van der Waals surface area contributed by atoms with Crippen molar-refractivity contribution >= 4 is 11.8 Å². The molecular formula is C24H32N2O3. The molecule has 0 aliphatic rings. The van der Waals surface area contributed by atoms with Crippen LogP contribution in [0.3, 0.4) is 0 Å². The third kappa shape index (κ3) is 6.63. The van der Waals surface area contributed by atoms with Crippen LogP contribution in [0.25, 0.3) is 0 Å². The first-order valence-electron chi connectivity index (χ1n) is 10.2. The van der Waals surface area contributed by atoms with Crippen molar-refractivity contribution in [2.75, 3.05) is 7.11 Å². The summed E-state index contributed by atoms with van der Waals surface area (Å²) in [7, 11) is 1.62. The molecule has 0 saturated heterocycles. The van der Waals surface area contributed by atoms with Crippen LogP contribution in [-0.2, 0) is 22.6 Å². The molecule has 0 aromatic heterocycles. The lowest BCUT2D eigenvalue weighted by molar-refractivity contribution is -0.141. The highest BCUT2D eigenvalue weighted by Crippen LogP contribution is 2.19. The largest absolute Gasteiger partial charge is 0.497 e. The van der Waals surface area contributed by atoms with Gasteiger partial charge in [-0.15, -0.1) is 0 Å². The summed E-state index contributed by atoms with van der Waals surface area (Å²) in [6, 6.07) is 16.9. The fourth-order valence-corrected chi connectivity index (χ4v) is 3.17. The first-order valence-corrected chi connectivity index (χ1v) is 10.2. The predicted octanol–water partition coefficient (Wildman–Crippen LogP) is 3.96. The van der Waals surface area contributed by atoms with E-state index in [1.807, 2.05) is 75.4 Å². The highest BCUT2D eigenvalue weighted by molar-refractivity contribution is 5.88. The number of carbonyl (C=O) groups is 2. The van der Waals surface area contributed by atoms with Crippen LogP contribution in [0.2, 0.25) is 0 Å². The lowest BCUT2D eigenvalue weighted by Crippen LogP contribution is -2.52. The molecule has 0 aliphatic heterocycles. The molecule has 2 rings (SSSR count). The minimum absolute atomic E-state index is 0.0481. The first-order chi connectivity index (χ1) is 14.0. The van der Waals surface area contributed by atoms with Crippen molar-refractivity contribution in [1.29, 1.82) is 0 Å². The molecule has 2 aromatic rings. The molecule has 2 atom stereocenters. The number of nitrogens with zero attached hydrogens (tertiary/aromatic N) is 1. The number of carbonyl (C=O) groups excluding carboxylic acids is 2. The maximum Gasteiger partial charge on any atom is 0.243 e. The van der Waals surface area contributed by atoms with E-state index in [0.29, 0.717) is 19.4 Å². The number of hydrogen-bond acceptors (Lipinski definition) is 3. The summed E-state index contributed by atoms with van der Waals surface area (Å²) in [5, 5.41) is 3.06. The van der Waals surface area contributed by atoms with Gasteiger partial charge in [0.15, 0.2) is 0 Å². The fourth-order valence-electron chi connectivity index (χ4n) is 3.17. The van der Waals surface area contributed by atoms with Gasteiger partial charge < -0.3 is 15.0 Å². The zero-order chi connectivity index (χ0) is 21.2. The molecule has 0 heterocycles. The molecule has 5 heteroatoms. The number of benzene rings is 2. The molecule has 0 spiro atoms. The van der Waals surface area contributed by atoms with E-state index in [0.717, 1.165) is 23.3 Å². The van der Waals surface area contributed by atoms with E-state index in [-0.39, 0.29) is 17.9 Å². The predicted molar refractivity (Wildman–Crippen MR) is 116 cm³/mol. The molecule has 0 aliphatic carbocycles. The number of hydrogen-bond donors (Lipinski definition) is 1. The summed E-state index contributed by atoms with van der Waals surface area (Å²) in [5.41, 5.74) is 1.96. The Bertz CT molecular complexity index is 792. The Kier molecular flexibility index (Phi) is 8.71. The molecule has 0 unspecified atom stereocenters. The molecule has 2 amide bonds. The van der Waals surface area contributed by atoms with Crippen molar-refractivity contribution < 1.29 is 14.3 Å². The van der Waals surface area contributed by atoms with Crippen molar-refractivity contribution in [2.24, 2.45) is 0 Å². The van der Waals surface area contributed by atoms with E-state index >= 15 is 0 Å². The van der Waals surface area contributed by atoms with Crippen LogP contribution >= 0.6 is 0 Å². The van der Waals surface area contributed by atoms with E-state index < -0.39 is 6.04 Å². The smallest absolute Gasteiger partial charge is 0.243 e. The molecule has 2 aromatic carbocycles. The van der Waals surface area contributed by atoms with Gasteiger partial charge in [0.2, 0.25) is 11.8 Å². The monoisotopic (exact) mass is 396 g/mol. The molecule has 1 N–H and O–H groups in total. The summed E-state index contributed by atoms with van der Waals surface area (Å²) in [6.45, 7) is 6.19. The van der Waals surface area contributed by atoms with E-state index in [2.05, 4.69) is 5.32 Å². The summed E-state index contributed by atoms with van der Waals surface area (Å²) >= 11 is 0. The van der Waals surface area contributed by atoms with Gasteiger partial charge in [-0.25, -0.2) is 0 Å². The molecule has 0 radical (unpaired) electrons. The standard InChI is InChI=1S/C24H32N2O3/c1-5-18(3)25-24(28)22(16-19-11-8-7-9-12-19)26(23(27)6-2)17-20-13-10-14-21(15-20)29-4/h7-15,18,22H,5-6,16-17H2,1-4H3,(H,25,28)/t18-,22+/m0/s1. The van der Waals surface area contributed by atoms with Crippen LogP contribution in [0.1, 0.15) is 44.7 Å². The number of amides is 2. The van der Waals surface area contributed by atoms with Crippen molar-refractivity contribution in [3.63, 3.8) is 0 Å². The zero-order valence-corrected chi connectivity index (χ0v) is 17.9. The van der Waals surface area contributed by atoms with Gasteiger partial charge in [0.25, 0.3) is 0 Å². The highest BCUT2D eigenvalue weighted by Gasteiger charge is 2.30. The van der Waals surface area contributed by atoms with Crippen molar-refractivity contribution in [1.82, 2.24) is 10.2 Å². The minimum Gasteiger partial charge on any atom is -0.497 e. The summed E-state index contributed by atoms with van der Waals surface area (Å²) < 4.78 is 5.31. The van der Waals surface area contributed by atoms with Crippen LogP contribution in [-0.4, -0.2) is 35.9 Å². The summed E-state index contributed by atoms with van der Waals surface area (Å²) in [5.74, 6) is 0.566. The lowest BCUT2D eigenvalue weighted by Gasteiger charge is -2.32. The quantitative estimate of drug-likeness (QED) is 0.661. The second-order valence-electron chi connectivity index (χ2n) is 7.25. The van der Waals surface area contributed by atoms with Crippen molar-refractivity contribution in [2.45, 2.75) is 58.7 Å². The molecule has 0 fully saturated rings.